The molecule has 0 aliphatic carbocycles. The number of hydrogen-bond acceptors (Lipinski definition) is 8. The number of rotatable bonds is 10. The van der Waals surface area contributed by atoms with Crippen LogP contribution in [0, 0.1) is 5.82 Å². The van der Waals surface area contributed by atoms with E-state index in [9.17, 15) is 27.8 Å². The predicted molar refractivity (Wildman–Crippen MR) is 127 cm³/mol. The number of carbonyl (C=O) groups excluding carboxylic acids is 1. The standard InChI is InChI=1S/C23H30FN3O6S/c1-14(2)21-19(11-10-17(28)12-18(29)13-20(30)33-4)22(15-6-8-16(24)9-7-15)26-23(25-21)27(3)34(5,31)32/h6-11,14,17-18,28-29H,12-13H2,1-5H3/b11-10-/t17-,18-/m1/s1. The molecular formula is C23H30FN3O6S. The Balaban J connectivity index is 2.57. The Kier molecular flexibility index (Phi) is 9.25. The van der Waals surface area contributed by atoms with Gasteiger partial charge in [0.1, 0.15) is 5.82 Å². The van der Waals surface area contributed by atoms with Gasteiger partial charge >= 0.3 is 5.97 Å². The second kappa shape index (κ2) is 11.5. The molecule has 2 atom stereocenters. The molecule has 2 rings (SSSR count). The maximum atomic E-state index is 13.5. The van der Waals surface area contributed by atoms with E-state index in [1.54, 1.807) is 6.08 Å². The van der Waals surface area contributed by atoms with Crippen LogP contribution < -0.4 is 4.31 Å². The summed E-state index contributed by atoms with van der Waals surface area (Å²) < 4.78 is 43.2. The van der Waals surface area contributed by atoms with Crippen LogP contribution in [0.25, 0.3) is 17.3 Å². The summed E-state index contributed by atoms with van der Waals surface area (Å²) in [5.41, 5.74) is 1.89. The van der Waals surface area contributed by atoms with Crippen molar-refractivity contribution in [3.05, 3.63) is 47.4 Å². The van der Waals surface area contributed by atoms with Gasteiger partial charge < -0.3 is 14.9 Å². The van der Waals surface area contributed by atoms with Gasteiger partial charge in [0.05, 0.1) is 43.4 Å². The van der Waals surface area contributed by atoms with Gasteiger partial charge in [-0.3, -0.25) is 4.79 Å². The number of esters is 1. The monoisotopic (exact) mass is 495 g/mol. The SMILES string of the molecule is COC(=O)C[C@H](O)C[C@H](O)/C=C\c1c(-c2ccc(F)cc2)nc(N(C)S(C)(=O)=O)nc1C(C)C. The summed E-state index contributed by atoms with van der Waals surface area (Å²) in [5.74, 6) is -1.24. The number of aliphatic hydroxyl groups is 2. The zero-order chi connectivity index (χ0) is 25.6. The molecule has 0 aliphatic rings. The van der Waals surface area contributed by atoms with Crippen LogP contribution in [0.1, 0.15) is 43.9 Å². The first-order chi connectivity index (χ1) is 15.8. The van der Waals surface area contributed by atoms with E-state index >= 15 is 0 Å². The number of anilines is 1. The van der Waals surface area contributed by atoms with Crippen molar-refractivity contribution in [3.8, 4) is 11.3 Å². The van der Waals surface area contributed by atoms with Crippen LogP contribution in [0.3, 0.4) is 0 Å². The molecule has 0 saturated heterocycles. The smallest absolute Gasteiger partial charge is 0.308 e. The van der Waals surface area contributed by atoms with Crippen LogP contribution in [0.15, 0.2) is 30.3 Å². The van der Waals surface area contributed by atoms with E-state index in [1.165, 1.54) is 44.5 Å². The summed E-state index contributed by atoms with van der Waals surface area (Å²) in [6.07, 6.45) is 1.48. The van der Waals surface area contributed by atoms with Gasteiger partial charge in [-0.25, -0.2) is 27.1 Å². The maximum Gasteiger partial charge on any atom is 0.308 e. The molecule has 0 unspecified atom stereocenters. The molecule has 186 valence electrons. The Morgan fingerprint density at radius 1 is 1.21 bits per heavy atom. The van der Waals surface area contributed by atoms with Crippen molar-refractivity contribution in [2.75, 3.05) is 24.7 Å². The molecule has 9 nitrogen and oxygen atoms in total. The molecule has 11 heteroatoms. The zero-order valence-corrected chi connectivity index (χ0v) is 20.6. The summed E-state index contributed by atoms with van der Waals surface area (Å²) in [7, 11) is -1.10. The fourth-order valence-corrected chi connectivity index (χ4v) is 3.50. The molecule has 1 aromatic carbocycles. The molecule has 0 radical (unpaired) electrons. The number of carbonyl (C=O) groups is 1. The van der Waals surface area contributed by atoms with Gasteiger partial charge in [0, 0.05) is 24.6 Å². The number of aliphatic hydroxyl groups excluding tert-OH is 2. The lowest BCUT2D eigenvalue weighted by molar-refractivity contribution is -0.143. The van der Waals surface area contributed by atoms with Gasteiger partial charge in [-0.1, -0.05) is 26.0 Å². The van der Waals surface area contributed by atoms with E-state index in [0.29, 0.717) is 22.5 Å². The van der Waals surface area contributed by atoms with Crippen molar-refractivity contribution in [3.63, 3.8) is 0 Å². The highest BCUT2D eigenvalue weighted by atomic mass is 32.2. The minimum absolute atomic E-state index is 0.0447. The van der Waals surface area contributed by atoms with Crippen molar-refractivity contribution in [2.24, 2.45) is 0 Å². The van der Waals surface area contributed by atoms with Crippen molar-refractivity contribution in [1.82, 2.24) is 9.97 Å². The number of halogens is 1. The van der Waals surface area contributed by atoms with Crippen molar-refractivity contribution in [1.29, 1.82) is 0 Å². The van der Waals surface area contributed by atoms with E-state index in [0.717, 1.165) is 10.6 Å². The Morgan fingerprint density at radius 2 is 1.82 bits per heavy atom. The van der Waals surface area contributed by atoms with Gasteiger partial charge in [-0.2, -0.15) is 0 Å². The van der Waals surface area contributed by atoms with Crippen LogP contribution >= 0.6 is 0 Å². The average Bonchev–Trinajstić information content (AvgIpc) is 2.76. The van der Waals surface area contributed by atoms with E-state index in [-0.39, 0.29) is 24.7 Å². The first-order valence-corrected chi connectivity index (χ1v) is 12.4. The van der Waals surface area contributed by atoms with E-state index in [1.807, 2.05) is 13.8 Å². The second-order valence-electron chi connectivity index (χ2n) is 8.16. The fourth-order valence-electron chi connectivity index (χ4n) is 3.12. The molecule has 2 aromatic rings. The van der Waals surface area contributed by atoms with Crippen LogP contribution in [0.5, 0.6) is 0 Å². The lowest BCUT2D eigenvalue weighted by Gasteiger charge is -2.20. The number of ether oxygens (including phenoxy) is 1. The highest BCUT2D eigenvalue weighted by Crippen LogP contribution is 2.31. The number of aromatic nitrogens is 2. The maximum absolute atomic E-state index is 13.5. The Morgan fingerprint density at radius 3 is 2.35 bits per heavy atom. The molecule has 0 fully saturated rings. The second-order valence-corrected chi connectivity index (χ2v) is 10.2. The van der Waals surface area contributed by atoms with Gasteiger partial charge in [0.2, 0.25) is 16.0 Å². The number of sulfonamides is 1. The summed E-state index contributed by atoms with van der Waals surface area (Å²) in [4.78, 5) is 20.2. The van der Waals surface area contributed by atoms with E-state index in [2.05, 4.69) is 14.7 Å². The molecule has 34 heavy (non-hydrogen) atoms. The van der Waals surface area contributed by atoms with Gasteiger partial charge in [0.25, 0.3) is 0 Å². The molecule has 0 amide bonds. The van der Waals surface area contributed by atoms with Gasteiger partial charge in [-0.15, -0.1) is 0 Å². The topological polar surface area (TPSA) is 130 Å². The molecule has 0 aliphatic heterocycles. The molecule has 2 N–H and O–H groups in total. The highest BCUT2D eigenvalue weighted by Gasteiger charge is 2.22. The lowest BCUT2D eigenvalue weighted by Crippen LogP contribution is -2.27. The van der Waals surface area contributed by atoms with Crippen LogP contribution in [0.4, 0.5) is 10.3 Å². The van der Waals surface area contributed by atoms with E-state index in [4.69, 9.17) is 0 Å². The first-order valence-electron chi connectivity index (χ1n) is 10.6. The predicted octanol–water partition coefficient (Wildman–Crippen LogP) is 2.49. The molecule has 1 heterocycles. The van der Waals surface area contributed by atoms with Crippen LogP contribution in [-0.4, -0.2) is 67.2 Å². The van der Waals surface area contributed by atoms with Gasteiger partial charge in [0.15, 0.2) is 0 Å². The minimum atomic E-state index is -3.64. The van der Waals surface area contributed by atoms with Crippen LogP contribution in [0.2, 0.25) is 0 Å². The number of benzene rings is 1. The highest BCUT2D eigenvalue weighted by molar-refractivity contribution is 7.92. The summed E-state index contributed by atoms with van der Waals surface area (Å²) in [6, 6.07) is 5.55. The molecule has 0 spiro atoms. The molecule has 0 bridgehead atoms. The van der Waals surface area contributed by atoms with Crippen molar-refractivity contribution >= 4 is 28.0 Å². The Hall–Kier alpha value is -2.89. The average molecular weight is 496 g/mol. The minimum Gasteiger partial charge on any atom is -0.469 e. The van der Waals surface area contributed by atoms with E-state index < -0.39 is 34.0 Å². The summed E-state index contributed by atoms with van der Waals surface area (Å²) in [5, 5.41) is 20.3. The quantitative estimate of drug-likeness (QED) is 0.481. The Bertz CT molecular complexity index is 1140. The third-order valence-electron chi connectivity index (χ3n) is 5.04. The zero-order valence-electron chi connectivity index (χ0n) is 19.8. The fraction of sp³-hybridized carbons (Fsp3) is 0.435. The summed E-state index contributed by atoms with van der Waals surface area (Å²) >= 11 is 0. The summed E-state index contributed by atoms with van der Waals surface area (Å²) in [6.45, 7) is 3.74. The number of hydrogen-bond donors (Lipinski definition) is 2. The largest absolute Gasteiger partial charge is 0.469 e. The number of nitrogens with zero attached hydrogens (tertiary/aromatic N) is 3. The number of methoxy groups -OCH3 is 1. The van der Waals surface area contributed by atoms with Crippen molar-refractivity contribution < 1.29 is 32.6 Å². The van der Waals surface area contributed by atoms with Gasteiger partial charge in [-0.05, 0) is 30.2 Å². The molecule has 1 aromatic heterocycles. The third kappa shape index (κ3) is 7.31. The Labute approximate surface area is 199 Å². The van der Waals surface area contributed by atoms with Crippen LogP contribution in [-0.2, 0) is 19.6 Å². The lowest BCUT2D eigenvalue weighted by atomic mass is 9.97. The molecule has 0 saturated carbocycles. The first kappa shape index (κ1) is 27.4. The normalized spacial score (nSPS) is 13.8. The molecular weight excluding hydrogens is 465 g/mol. The third-order valence-corrected chi connectivity index (χ3v) is 6.19. The van der Waals surface area contributed by atoms with Crippen molar-refractivity contribution in [2.45, 2.75) is 44.8 Å².